The number of rotatable bonds is 1. The van der Waals surface area contributed by atoms with Gasteiger partial charge in [-0.3, -0.25) is 0 Å². The van der Waals surface area contributed by atoms with E-state index in [1.807, 2.05) is 0 Å². The van der Waals surface area contributed by atoms with Crippen LogP contribution in [-0.2, 0) is 8.78 Å². The topological polar surface area (TPSA) is 66.8 Å². The molecule has 46 valence electrons. The van der Waals surface area contributed by atoms with Gasteiger partial charge in [-0.25, -0.2) is 4.57 Å². The summed E-state index contributed by atoms with van der Waals surface area (Å²) in [5, 5.41) is 0. The third-order valence-electron chi connectivity index (χ3n) is 0.238. The molecule has 0 amide bonds. The van der Waals surface area contributed by atoms with E-state index in [-0.39, 0.29) is 28.1 Å². The monoisotopic (exact) mass is 206 g/mol. The molecule has 0 aromatic rings. The molecule has 0 radical (unpaired) electrons. The molecule has 2 N–H and O–H groups in total. The molecule has 0 saturated heterocycles. The number of hydrogen-bond acceptors (Lipinski definition) is 2. The van der Waals surface area contributed by atoms with Gasteiger partial charge >= 0.3 is 25.4 Å². The summed E-state index contributed by atoms with van der Waals surface area (Å²) in [6, 6.07) is 0. The van der Waals surface area contributed by atoms with Crippen LogP contribution in [0.1, 0.15) is 0 Å². The summed E-state index contributed by atoms with van der Waals surface area (Å²) in [6.45, 7) is 0. The van der Waals surface area contributed by atoms with Crippen molar-refractivity contribution in [1.29, 1.82) is 0 Å². The van der Waals surface area contributed by atoms with E-state index in [1.54, 1.807) is 0 Å². The van der Waals surface area contributed by atoms with Gasteiger partial charge in [-0.2, -0.15) is 0 Å². The van der Waals surface area contributed by atoms with Crippen LogP contribution < -0.4 is 0 Å². The molecule has 0 saturated carbocycles. The summed E-state index contributed by atoms with van der Waals surface area (Å²) in [5.74, 6) is 0. The number of hydrogen-bond donors (Lipinski definition) is 2. The summed E-state index contributed by atoms with van der Waals surface area (Å²) in [7, 11) is -4.00. The van der Waals surface area contributed by atoms with Gasteiger partial charge in [0.25, 0.3) is 0 Å². The molecular formula is H9GeO4PSi. The van der Waals surface area contributed by atoms with E-state index in [0.717, 1.165) is 0 Å². The zero-order valence-corrected chi connectivity index (χ0v) is 6.05. The fourth-order valence-corrected chi connectivity index (χ4v) is 0. The van der Waals surface area contributed by atoms with Crippen molar-refractivity contribution in [3.63, 3.8) is 0 Å². The van der Waals surface area contributed by atoms with E-state index in [0.29, 0.717) is 0 Å². The summed E-state index contributed by atoms with van der Waals surface area (Å²) >= 11 is 0. The van der Waals surface area contributed by atoms with Gasteiger partial charge in [-0.05, 0) is 0 Å². The molecule has 0 unspecified atom stereocenters. The van der Waals surface area contributed by atoms with Crippen LogP contribution in [0.5, 0.6) is 0 Å². The van der Waals surface area contributed by atoms with Crippen LogP contribution in [0.25, 0.3) is 0 Å². The van der Waals surface area contributed by atoms with Gasteiger partial charge in [0, 0.05) is 0 Å². The van der Waals surface area contributed by atoms with Crippen LogP contribution in [0.15, 0.2) is 0 Å². The quantitative estimate of drug-likeness (QED) is 0.352. The first-order valence-electron chi connectivity index (χ1n) is 1.17. The Morgan fingerprint density at radius 3 is 1.71 bits per heavy atom. The third kappa shape index (κ3) is 10.9. The van der Waals surface area contributed by atoms with Crippen LogP contribution in [-0.4, -0.2) is 37.9 Å². The van der Waals surface area contributed by atoms with Crippen LogP contribution >= 0.6 is 7.82 Å². The second-order valence-electron chi connectivity index (χ2n) is 0.673. The zero-order valence-electron chi connectivity index (χ0n) is 3.16. The molecule has 0 aromatic carbocycles. The van der Waals surface area contributed by atoms with E-state index in [9.17, 15) is 4.57 Å². The normalized spacial score (nSPS) is 10.6. The van der Waals surface area contributed by atoms with Crippen molar-refractivity contribution in [2.24, 2.45) is 0 Å². The van der Waals surface area contributed by atoms with Crippen molar-refractivity contribution in [3.8, 4) is 0 Å². The summed E-state index contributed by atoms with van der Waals surface area (Å²) in [4.78, 5) is 15.5. The predicted octanol–water partition coefficient (Wildman–Crippen LogP) is -3.08. The van der Waals surface area contributed by atoms with Crippen molar-refractivity contribution in [1.82, 2.24) is 0 Å². The Hall–Kier alpha value is 0.870. The van der Waals surface area contributed by atoms with Gasteiger partial charge in [0.05, 0.1) is 0 Å². The minimum atomic E-state index is -4.08. The maximum absolute atomic E-state index is 9.51. The standard InChI is InChI=1S/GeH4.H5O4PSi/c;1-5(2,3)4-6/h1H4;6H3,(H2,1,2,3). The molecule has 0 spiro atoms. The summed E-state index contributed by atoms with van der Waals surface area (Å²) in [6.07, 6.45) is 0. The van der Waals surface area contributed by atoms with Crippen LogP contribution in [0, 0.1) is 0 Å². The predicted molar refractivity (Wildman–Crippen MR) is 34.4 cm³/mol. The van der Waals surface area contributed by atoms with Crippen molar-refractivity contribution in [2.45, 2.75) is 0 Å². The molecule has 7 heteroatoms. The first kappa shape index (κ1) is 10.8. The Morgan fingerprint density at radius 2 is 1.71 bits per heavy atom. The Morgan fingerprint density at radius 1 is 1.57 bits per heavy atom. The van der Waals surface area contributed by atoms with E-state index in [2.05, 4.69) is 4.21 Å². The molecule has 4 nitrogen and oxygen atoms in total. The molecule has 0 atom stereocenters. The average molecular weight is 205 g/mol. The van der Waals surface area contributed by atoms with Crippen LogP contribution in [0.4, 0.5) is 0 Å². The Kier molecular flexibility index (Phi) is 5.89. The van der Waals surface area contributed by atoms with Gasteiger partial charge in [-0.1, -0.05) is 0 Å². The molecule has 0 bridgehead atoms. The zero-order chi connectivity index (χ0) is 5.21. The maximum atomic E-state index is 9.51. The van der Waals surface area contributed by atoms with E-state index < -0.39 is 7.82 Å². The van der Waals surface area contributed by atoms with Crippen molar-refractivity contribution in [2.75, 3.05) is 0 Å². The van der Waals surface area contributed by atoms with E-state index >= 15 is 0 Å². The second kappa shape index (κ2) is 3.82. The van der Waals surface area contributed by atoms with Gasteiger partial charge in [0.1, 0.15) is 0 Å². The van der Waals surface area contributed by atoms with Crippen molar-refractivity contribution >= 4 is 35.9 Å². The molecule has 0 rings (SSSR count). The minimum absolute atomic E-state index is 0. The van der Waals surface area contributed by atoms with Gasteiger partial charge in [-0.15, -0.1) is 0 Å². The Labute approximate surface area is 55.0 Å². The average Bonchev–Trinajstić information content (AvgIpc) is 1.35. The summed E-state index contributed by atoms with van der Waals surface area (Å²) in [5.41, 5.74) is 0. The molecule has 0 aromatic heterocycles. The van der Waals surface area contributed by atoms with E-state index in [4.69, 9.17) is 9.79 Å². The fraction of sp³-hybridized carbons (Fsp3) is 0. The van der Waals surface area contributed by atoms with Gasteiger partial charge in [0.2, 0.25) is 0 Å². The van der Waals surface area contributed by atoms with Gasteiger partial charge in [0.15, 0.2) is 10.5 Å². The second-order valence-corrected chi connectivity index (χ2v) is 3.11. The van der Waals surface area contributed by atoms with Crippen molar-refractivity contribution in [3.05, 3.63) is 0 Å². The fourth-order valence-electron chi connectivity index (χ4n) is 0. The molecule has 0 heterocycles. The molecule has 0 aliphatic rings. The molecule has 0 aliphatic carbocycles. The van der Waals surface area contributed by atoms with Crippen LogP contribution in [0.2, 0.25) is 0 Å². The number of phosphoric acid groups is 1. The first-order chi connectivity index (χ1) is 2.56. The third-order valence-corrected chi connectivity index (χ3v) is 2.14. The Balaban J connectivity index is 0. The van der Waals surface area contributed by atoms with E-state index in [1.165, 1.54) is 0 Å². The first-order valence-corrected chi connectivity index (χ1v) is 3.52. The van der Waals surface area contributed by atoms with Gasteiger partial charge < -0.3 is 14.0 Å². The molecule has 7 heavy (non-hydrogen) atoms. The molecule has 0 aliphatic heterocycles. The van der Waals surface area contributed by atoms with Crippen molar-refractivity contribution < 1.29 is 18.6 Å². The molecule has 0 fully saturated rings. The summed E-state index contributed by atoms with van der Waals surface area (Å²) < 4.78 is 13.2. The molecular weight excluding hydrogens is 196 g/mol. The SMILES string of the molecule is O=P(O)(O)O[SiH3].[GeH4]. The van der Waals surface area contributed by atoms with Crippen LogP contribution in [0.3, 0.4) is 0 Å². The Bertz CT molecular complexity index is 75.8.